The van der Waals surface area contributed by atoms with Gasteiger partial charge >= 0.3 is 6.03 Å². The van der Waals surface area contributed by atoms with E-state index in [4.69, 9.17) is 9.47 Å². The van der Waals surface area contributed by atoms with E-state index in [1.807, 2.05) is 41.3 Å². The average Bonchev–Trinajstić information content (AvgIpc) is 3.75. The van der Waals surface area contributed by atoms with Gasteiger partial charge in [0.15, 0.2) is 0 Å². The molecule has 7 nitrogen and oxygen atoms in total. The third-order valence-corrected chi connectivity index (χ3v) is 7.95. The number of nitrogens with zero attached hydrogens (tertiary/aromatic N) is 1. The van der Waals surface area contributed by atoms with Crippen LogP contribution in [-0.2, 0) is 29.0 Å². The Morgan fingerprint density at radius 2 is 1.87 bits per heavy atom. The summed E-state index contributed by atoms with van der Waals surface area (Å²) in [6, 6.07) is 22.6. The first-order valence-corrected chi connectivity index (χ1v) is 13.3. The second-order valence-corrected chi connectivity index (χ2v) is 10.4. The summed E-state index contributed by atoms with van der Waals surface area (Å²) in [5.41, 5.74) is 6.87. The van der Waals surface area contributed by atoms with Crippen molar-refractivity contribution < 1.29 is 19.1 Å². The first-order valence-electron chi connectivity index (χ1n) is 13.3. The van der Waals surface area contributed by atoms with Gasteiger partial charge in [-0.2, -0.15) is 0 Å². The van der Waals surface area contributed by atoms with Gasteiger partial charge in [0, 0.05) is 25.6 Å². The van der Waals surface area contributed by atoms with Gasteiger partial charge in [-0.3, -0.25) is 4.79 Å². The van der Waals surface area contributed by atoms with Gasteiger partial charge in [0.25, 0.3) is 0 Å². The molecule has 3 amide bonds. The maximum atomic E-state index is 13.0. The summed E-state index contributed by atoms with van der Waals surface area (Å²) in [4.78, 5) is 27.8. The number of benzene rings is 3. The van der Waals surface area contributed by atoms with Crippen molar-refractivity contribution in [2.24, 2.45) is 5.92 Å². The van der Waals surface area contributed by atoms with E-state index in [2.05, 4.69) is 41.0 Å². The van der Waals surface area contributed by atoms with Gasteiger partial charge < -0.3 is 25.0 Å². The van der Waals surface area contributed by atoms with Gasteiger partial charge in [-0.1, -0.05) is 54.6 Å². The number of carbonyl (C=O) groups excluding carboxylic acids is 2. The monoisotopic (exact) mass is 511 g/mol. The maximum Gasteiger partial charge on any atom is 0.318 e. The molecule has 7 heteroatoms. The third kappa shape index (κ3) is 4.98. The topological polar surface area (TPSA) is 79.9 Å². The highest BCUT2D eigenvalue weighted by Crippen LogP contribution is 2.47. The number of rotatable bonds is 7. The van der Waals surface area contributed by atoms with Crippen molar-refractivity contribution in [3.8, 4) is 16.9 Å². The molecule has 3 aromatic carbocycles. The van der Waals surface area contributed by atoms with Gasteiger partial charge in [0.2, 0.25) is 5.91 Å². The van der Waals surface area contributed by atoms with Crippen LogP contribution in [0.1, 0.15) is 34.6 Å². The molecule has 1 saturated heterocycles. The van der Waals surface area contributed by atoms with Crippen LogP contribution in [0.4, 0.5) is 4.79 Å². The first-order chi connectivity index (χ1) is 18.6. The average molecular weight is 512 g/mol. The number of hydrogen-bond donors (Lipinski definition) is 2. The normalized spacial score (nSPS) is 20.2. The molecule has 0 spiro atoms. The van der Waals surface area contributed by atoms with Gasteiger partial charge in [0.05, 0.1) is 26.4 Å². The number of methoxy groups -OCH3 is 1. The lowest BCUT2D eigenvalue weighted by Gasteiger charge is -2.35. The van der Waals surface area contributed by atoms with Crippen molar-refractivity contribution in [2.45, 2.75) is 37.9 Å². The largest absolute Gasteiger partial charge is 0.497 e. The molecular weight excluding hydrogens is 478 g/mol. The first kappa shape index (κ1) is 24.5. The fourth-order valence-electron chi connectivity index (χ4n) is 5.59. The van der Waals surface area contributed by atoms with E-state index >= 15 is 0 Å². The van der Waals surface area contributed by atoms with Crippen molar-refractivity contribution in [1.82, 2.24) is 15.5 Å². The van der Waals surface area contributed by atoms with Crippen LogP contribution in [0.15, 0.2) is 66.7 Å². The Kier molecular flexibility index (Phi) is 6.77. The van der Waals surface area contributed by atoms with Crippen LogP contribution >= 0.6 is 0 Å². The molecule has 0 bridgehead atoms. The van der Waals surface area contributed by atoms with E-state index < -0.39 is 0 Å². The number of carbonyl (C=O) groups is 2. The standard InChI is InChI=1S/C31H33N3O4/c1-37-24-9-5-8-21(14-24)25-11-10-22(16-32-30(35)28-15-27(28)20-6-3-2-4-7-20)29-17-34(13-12-26(25)29)31(36)33-23-18-38-19-23/h2-11,14,23,27-28H,12-13,15-19H2,1H3,(H,32,35)(H,33,36)/t27-,28+/m0/s1. The summed E-state index contributed by atoms with van der Waals surface area (Å²) in [6.07, 6.45) is 1.64. The van der Waals surface area contributed by atoms with Crippen LogP contribution in [0.5, 0.6) is 5.75 Å². The minimum absolute atomic E-state index is 0.0243. The molecule has 1 saturated carbocycles. The molecule has 0 unspecified atom stereocenters. The minimum atomic E-state index is -0.0607. The number of amides is 3. The van der Waals surface area contributed by atoms with Crippen molar-refractivity contribution >= 4 is 11.9 Å². The zero-order valence-electron chi connectivity index (χ0n) is 21.6. The quantitative estimate of drug-likeness (QED) is 0.497. The number of hydrogen-bond acceptors (Lipinski definition) is 4. The Balaban J connectivity index is 1.23. The Bertz CT molecular complexity index is 1340. The van der Waals surface area contributed by atoms with Crippen molar-refractivity contribution in [3.63, 3.8) is 0 Å². The van der Waals surface area contributed by atoms with Crippen LogP contribution in [0.3, 0.4) is 0 Å². The number of ether oxygens (including phenoxy) is 2. The van der Waals surface area contributed by atoms with Crippen LogP contribution < -0.4 is 15.4 Å². The molecule has 2 heterocycles. The Morgan fingerprint density at radius 1 is 1.03 bits per heavy atom. The molecule has 1 aliphatic carbocycles. The van der Waals surface area contributed by atoms with Crippen LogP contribution in [0.2, 0.25) is 0 Å². The lowest BCUT2D eigenvalue weighted by Crippen LogP contribution is -2.53. The summed E-state index contributed by atoms with van der Waals surface area (Å²) in [5.74, 6) is 1.23. The highest BCUT2D eigenvalue weighted by molar-refractivity contribution is 5.83. The molecule has 0 radical (unpaired) electrons. The van der Waals surface area contributed by atoms with Gasteiger partial charge in [0.1, 0.15) is 5.75 Å². The van der Waals surface area contributed by atoms with E-state index in [9.17, 15) is 9.59 Å². The van der Waals surface area contributed by atoms with E-state index in [1.54, 1.807) is 7.11 Å². The maximum absolute atomic E-state index is 13.0. The number of fused-ring (bicyclic) bond motifs is 1. The summed E-state index contributed by atoms with van der Waals surface area (Å²) >= 11 is 0. The fraction of sp³-hybridized carbons (Fsp3) is 0.355. The third-order valence-electron chi connectivity index (χ3n) is 7.95. The zero-order valence-corrected chi connectivity index (χ0v) is 21.6. The molecule has 2 atom stereocenters. The van der Waals surface area contributed by atoms with E-state index in [-0.39, 0.29) is 23.9 Å². The molecule has 2 aliphatic heterocycles. The second kappa shape index (κ2) is 10.5. The molecule has 2 N–H and O–H groups in total. The highest BCUT2D eigenvalue weighted by Gasteiger charge is 2.43. The Labute approximate surface area is 223 Å². The van der Waals surface area contributed by atoms with Crippen LogP contribution in [0, 0.1) is 5.92 Å². The predicted molar refractivity (Wildman–Crippen MR) is 145 cm³/mol. The number of urea groups is 1. The zero-order chi connectivity index (χ0) is 26.1. The van der Waals surface area contributed by atoms with Crippen molar-refractivity contribution in [1.29, 1.82) is 0 Å². The van der Waals surface area contributed by atoms with Crippen molar-refractivity contribution in [3.05, 3.63) is 89.0 Å². The lowest BCUT2D eigenvalue weighted by atomic mass is 9.87. The molecule has 2 fully saturated rings. The van der Waals surface area contributed by atoms with E-state index in [0.29, 0.717) is 38.8 Å². The molecule has 6 rings (SSSR count). The van der Waals surface area contributed by atoms with Crippen LogP contribution in [0.25, 0.3) is 11.1 Å². The second-order valence-electron chi connectivity index (χ2n) is 10.4. The summed E-state index contributed by atoms with van der Waals surface area (Å²) in [5, 5.41) is 6.26. The summed E-state index contributed by atoms with van der Waals surface area (Å²) in [7, 11) is 1.67. The molecule has 38 heavy (non-hydrogen) atoms. The van der Waals surface area contributed by atoms with E-state index in [1.165, 1.54) is 11.1 Å². The molecule has 3 aliphatic rings. The molecule has 3 aromatic rings. The van der Waals surface area contributed by atoms with Gasteiger partial charge in [-0.15, -0.1) is 0 Å². The van der Waals surface area contributed by atoms with Gasteiger partial charge in [-0.25, -0.2) is 4.79 Å². The predicted octanol–water partition coefficient (Wildman–Crippen LogP) is 4.25. The minimum Gasteiger partial charge on any atom is -0.497 e. The molecule has 0 aromatic heterocycles. The fourth-order valence-corrected chi connectivity index (χ4v) is 5.59. The SMILES string of the molecule is COc1cccc(-c2ccc(CNC(=O)[C@@H]3C[C@H]3c3ccccc3)c3c2CCN(C(=O)NC2COC2)C3)c1. The van der Waals surface area contributed by atoms with Crippen molar-refractivity contribution in [2.75, 3.05) is 26.9 Å². The molecule has 196 valence electrons. The smallest absolute Gasteiger partial charge is 0.318 e. The van der Waals surface area contributed by atoms with E-state index in [0.717, 1.165) is 40.8 Å². The van der Waals surface area contributed by atoms with Gasteiger partial charge in [-0.05, 0) is 64.3 Å². The molecular formula is C31H33N3O4. The summed E-state index contributed by atoms with van der Waals surface area (Å²) < 4.78 is 10.7. The Morgan fingerprint density at radius 3 is 2.63 bits per heavy atom. The number of nitrogens with one attached hydrogen (secondary N) is 2. The lowest BCUT2D eigenvalue weighted by molar-refractivity contribution is -0.122. The highest BCUT2D eigenvalue weighted by atomic mass is 16.5. The van der Waals surface area contributed by atoms with Crippen LogP contribution in [-0.4, -0.2) is 49.7 Å². The summed E-state index contributed by atoms with van der Waals surface area (Å²) in [6.45, 7) is 2.73. The Hall–Kier alpha value is -3.84.